The molecule has 3 heteroatoms. The minimum Gasteiger partial charge on any atom is -0.342 e. The van der Waals surface area contributed by atoms with Gasteiger partial charge in [0.1, 0.15) is 0 Å². The van der Waals surface area contributed by atoms with E-state index in [0.29, 0.717) is 5.91 Å². The van der Waals surface area contributed by atoms with E-state index in [1.807, 2.05) is 4.90 Å². The number of amides is 1. The molecule has 2 rings (SSSR count). The van der Waals surface area contributed by atoms with E-state index in [0.717, 1.165) is 32.4 Å². The van der Waals surface area contributed by atoms with E-state index in [-0.39, 0.29) is 12.0 Å². The zero-order valence-electron chi connectivity index (χ0n) is 8.04. The second kappa shape index (κ2) is 3.66. The zero-order valence-corrected chi connectivity index (χ0v) is 8.04. The van der Waals surface area contributed by atoms with Crippen molar-refractivity contribution in [3.05, 3.63) is 0 Å². The van der Waals surface area contributed by atoms with Gasteiger partial charge in [-0.2, -0.15) is 0 Å². The molecule has 0 aromatic rings. The molecule has 3 nitrogen and oxygen atoms in total. The van der Waals surface area contributed by atoms with E-state index in [4.69, 9.17) is 5.73 Å². The lowest BCUT2D eigenvalue weighted by Gasteiger charge is -2.19. The average molecular weight is 182 g/mol. The van der Waals surface area contributed by atoms with E-state index >= 15 is 0 Å². The predicted molar refractivity (Wildman–Crippen MR) is 51.1 cm³/mol. The van der Waals surface area contributed by atoms with Gasteiger partial charge in [-0.25, -0.2) is 0 Å². The summed E-state index contributed by atoms with van der Waals surface area (Å²) >= 11 is 0. The fourth-order valence-corrected chi connectivity index (χ4v) is 2.44. The highest BCUT2D eigenvalue weighted by Crippen LogP contribution is 2.27. The maximum atomic E-state index is 11.9. The summed E-state index contributed by atoms with van der Waals surface area (Å²) in [5, 5.41) is 0. The van der Waals surface area contributed by atoms with Crippen LogP contribution in [-0.4, -0.2) is 29.9 Å². The van der Waals surface area contributed by atoms with Crippen LogP contribution in [0.1, 0.15) is 32.1 Å². The van der Waals surface area contributed by atoms with Gasteiger partial charge in [0, 0.05) is 25.0 Å². The highest BCUT2D eigenvalue weighted by molar-refractivity contribution is 5.79. The molecular formula is C10H18N2O. The first kappa shape index (κ1) is 9.00. The van der Waals surface area contributed by atoms with Crippen LogP contribution >= 0.6 is 0 Å². The van der Waals surface area contributed by atoms with Crippen molar-refractivity contribution in [1.82, 2.24) is 4.90 Å². The predicted octanol–water partition coefficient (Wildman–Crippen LogP) is 0.736. The Morgan fingerprint density at radius 2 is 1.92 bits per heavy atom. The minimum atomic E-state index is 0.244. The normalized spacial score (nSPS) is 34.1. The molecule has 2 fully saturated rings. The van der Waals surface area contributed by atoms with Crippen molar-refractivity contribution in [2.24, 2.45) is 11.7 Å². The first-order chi connectivity index (χ1) is 6.27. The van der Waals surface area contributed by atoms with Gasteiger partial charge >= 0.3 is 0 Å². The van der Waals surface area contributed by atoms with Crippen LogP contribution < -0.4 is 5.73 Å². The Balaban J connectivity index is 1.89. The summed E-state index contributed by atoms with van der Waals surface area (Å²) < 4.78 is 0. The van der Waals surface area contributed by atoms with Gasteiger partial charge in [-0.15, -0.1) is 0 Å². The van der Waals surface area contributed by atoms with E-state index < -0.39 is 0 Å². The quantitative estimate of drug-likeness (QED) is 0.650. The van der Waals surface area contributed by atoms with E-state index in [1.165, 1.54) is 12.8 Å². The first-order valence-electron chi connectivity index (χ1n) is 5.32. The van der Waals surface area contributed by atoms with Crippen LogP contribution in [0, 0.1) is 5.92 Å². The summed E-state index contributed by atoms with van der Waals surface area (Å²) in [5.74, 6) is 0.610. The molecule has 13 heavy (non-hydrogen) atoms. The second-order valence-electron chi connectivity index (χ2n) is 4.30. The third kappa shape index (κ3) is 1.85. The molecule has 74 valence electrons. The Hall–Kier alpha value is -0.570. The number of likely N-dealkylation sites (tertiary alicyclic amines) is 1. The Morgan fingerprint density at radius 3 is 2.46 bits per heavy atom. The largest absolute Gasteiger partial charge is 0.342 e. The summed E-state index contributed by atoms with van der Waals surface area (Å²) in [6.07, 6.45) is 5.32. The molecule has 1 amide bonds. The summed E-state index contributed by atoms with van der Waals surface area (Å²) in [5.41, 5.74) is 5.79. The maximum Gasteiger partial charge on any atom is 0.225 e. The van der Waals surface area contributed by atoms with Gasteiger partial charge in [-0.05, 0) is 32.1 Å². The molecule has 2 aliphatic rings. The van der Waals surface area contributed by atoms with Gasteiger partial charge in [0.2, 0.25) is 5.91 Å². The molecule has 0 spiro atoms. The Bertz CT molecular complexity index is 199. The summed E-state index contributed by atoms with van der Waals surface area (Å²) in [6, 6.07) is 0.275. The summed E-state index contributed by atoms with van der Waals surface area (Å²) in [6.45, 7) is 1.95. The number of rotatable bonds is 1. The van der Waals surface area contributed by atoms with Crippen molar-refractivity contribution in [1.29, 1.82) is 0 Å². The van der Waals surface area contributed by atoms with Crippen LogP contribution in [0.2, 0.25) is 0 Å². The SMILES string of the molecule is N[C@@H]1CC[C@H](C(=O)N2CCCC2)C1. The van der Waals surface area contributed by atoms with Crippen LogP contribution in [0.25, 0.3) is 0 Å². The van der Waals surface area contributed by atoms with E-state index in [1.54, 1.807) is 0 Å². The fraction of sp³-hybridized carbons (Fsp3) is 0.900. The van der Waals surface area contributed by atoms with Crippen molar-refractivity contribution < 1.29 is 4.79 Å². The molecule has 0 radical (unpaired) electrons. The smallest absolute Gasteiger partial charge is 0.225 e. The monoisotopic (exact) mass is 182 g/mol. The fourth-order valence-electron chi connectivity index (χ4n) is 2.44. The van der Waals surface area contributed by atoms with Gasteiger partial charge in [-0.3, -0.25) is 4.79 Å². The molecule has 0 bridgehead atoms. The van der Waals surface area contributed by atoms with Gasteiger partial charge < -0.3 is 10.6 Å². The molecule has 0 aromatic carbocycles. The lowest BCUT2D eigenvalue weighted by Crippen LogP contribution is -2.33. The van der Waals surface area contributed by atoms with Crippen LogP contribution in [0.4, 0.5) is 0 Å². The van der Waals surface area contributed by atoms with Gasteiger partial charge in [0.25, 0.3) is 0 Å². The van der Waals surface area contributed by atoms with Gasteiger partial charge in [-0.1, -0.05) is 0 Å². The van der Waals surface area contributed by atoms with Crippen molar-refractivity contribution in [2.45, 2.75) is 38.1 Å². The van der Waals surface area contributed by atoms with Gasteiger partial charge in [0.15, 0.2) is 0 Å². The summed E-state index contributed by atoms with van der Waals surface area (Å²) in [4.78, 5) is 13.9. The molecule has 1 aliphatic heterocycles. The minimum absolute atomic E-state index is 0.244. The molecule has 2 atom stereocenters. The standard InChI is InChI=1S/C10H18N2O/c11-9-4-3-8(7-9)10(13)12-5-1-2-6-12/h8-9H,1-7,11H2/t8-,9+/m0/s1. The molecule has 0 aromatic heterocycles. The second-order valence-corrected chi connectivity index (χ2v) is 4.30. The van der Waals surface area contributed by atoms with Crippen molar-refractivity contribution in [3.63, 3.8) is 0 Å². The number of carbonyl (C=O) groups excluding carboxylic acids is 1. The maximum absolute atomic E-state index is 11.9. The number of hydrogen-bond donors (Lipinski definition) is 1. The summed E-state index contributed by atoms with van der Waals surface area (Å²) in [7, 11) is 0. The molecule has 1 saturated heterocycles. The number of carbonyl (C=O) groups is 1. The Kier molecular flexibility index (Phi) is 2.54. The van der Waals surface area contributed by atoms with Crippen LogP contribution in [-0.2, 0) is 4.79 Å². The Morgan fingerprint density at radius 1 is 1.23 bits per heavy atom. The average Bonchev–Trinajstić information content (AvgIpc) is 2.72. The van der Waals surface area contributed by atoms with Crippen molar-refractivity contribution >= 4 is 5.91 Å². The van der Waals surface area contributed by atoms with E-state index in [9.17, 15) is 4.79 Å². The molecule has 1 aliphatic carbocycles. The third-order valence-electron chi connectivity index (χ3n) is 3.24. The highest BCUT2D eigenvalue weighted by atomic mass is 16.2. The molecule has 2 N–H and O–H groups in total. The van der Waals surface area contributed by atoms with E-state index in [2.05, 4.69) is 0 Å². The molecular weight excluding hydrogens is 164 g/mol. The topological polar surface area (TPSA) is 46.3 Å². The number of nitrogens with zero attached hydrogens (tertiary/aromatic N) is 1. The molecule has 1 saturated carbocycles. The lowest BCUT2D eigenvalue weighted by molar-refractivity contribution is -0.134. The molecule has 1 heterocycles. The van der Waals surface area contributed by atoms with Crippen molar-refractivity contribution in [3.8, 4) is 0 Å². The Labute approximate surface area is 79.3 Å². The van der Waals surface area contributed by atoms with Crippen LogP contribution in [0.3, 0.4) is 0 Å². The molecule has 0 unspecified atom stereocenters. The van der Waals surface area contributed by atoms with Gasteiger partial charge in [0.05, 0.1) is 0 Å². The van der Waals surface area contributed by atoms with Crippen LogP contribution in [0.5, 0.6) is 0 Å². The number of hydrogen-bond acceptors (Lipinski definition) is 2. The highest BCUT2D eigenvalue weighted by Gasteiger charge is 2.31. The lowest BCUT2D eigenvalue weighted by atomic mass is 10.1. The van der Waals surface area contributed by atoms with Crippen molar-refractivity contribution in [2.75, 3.05) is 13.1 Å². The third-order valence-corrected chi connectivity index (χ3v) is 3.24. The number of nitrogens with two attached hydrogens (primary N) is 1. The first-order valence-corrected chi connectivity index (χ1v) is 5.32. The van der Waals surface area contributed by atoms with Crippen LogP contribution in [0.15, 0.2) is 0 Å². The zero-order chi connectivity index (χ0) is 9.26.